The van der Waals surface area contributed by atoms with Crippen molar-refractivity contribution in [2.45, 2.75) is 41.5 Å². The Morgan fingerprint density at radius 3 is 1.55 bits per heavy atom. The van der Waals surface area contributed by atoms with E-state index in [1.807, 2.05) is 41.5 Å². The van der Waals surface area contributed by atoms with Crippen LogP contribution in [0.15, 0.2) is 66.3 Å². The minimum atomic E-state index is -0.652. The van der Waals surface area contributed by atoms with Crippen molar-refractivity contribution in [1.82, 2.24) is 0 Å². The van der Waals surface area contributed by atoms with Gasteiger partial charge in [-0.15, -0.1) is 0 Å². The first-order chi connectivity index (χ1) is 15.3. The van der Waals surface area contributed by atoms with Gasteiger partial charge in [0.2, 0.25) is 0 Å². The Hall–Kier alpha value is -3.54. The van der Waals surface area contributed by atoms with E-state index in [9.17, 15) is 14.4 Å². The largest absolute Gasteiger partial charge is 0.400 e. The van der Waals surface area contributed by atoms with Crippen LogP contribution in [0.3, 0.4) is 0 Å². The molecule has 33 heavy (non-hydrogen) atoms. The van der Waals surface area contributed by atoms with Crippen molar-refractivity contribution in [3.8, 4) is 0 Å². The van der Waals surface area contributed by atoms with Crippen LogP contribution in [0.2, 0.25) is 0 Å². The minimum absolute atomic E-state index is 0.00247. The Morgan fingerprint density at radius 1 is 0.758 bits per heavy atom. The standard InChI is InChI=1S/C27H31NO5/c1-8-17-32-28-24(20-13-9-18(10-14-20)22(29)26(2,3)4)33-25(31)21-15-11-19(12-16-21)23(30)27(5,6)7/h8-16H,1,17H2,2-7H3/b28-24-. The zero-order chi connectivity index (χ0) is 24.8. The Morgan fingerprint density at radius 2 is 1.15 bits per heavy atom. The Kier molecular flexibility index (Phi) is 8.09. The summed E-state index contributed by atoms with van der Waals surface area (Å²) in [5.74, 6) is -0.725. The summed E-state index contributed by atoms with van der Waals surface area (Å²) < 4.78 is 5.49. The van der Waals surface area contributed by atoms with E-state index in [-0.39, 0.29) is 29.6 Å². The van der Waals surface area contributed by atoms with Crippen molar-refractivity contribution >= 4 is 23.4 Å². The van der Waals surface area contributed by atoms with E-state index in [2.05, 4.69) is 11.7 Å². The number of ketones is 2. The van der Waals surface area contributed by atoms with Crippen molar-refractivity contribution in [2.75, 3.05) is 6.61 Å². The van der Waals surface area contributed by atoms with Crippen LogP contribution in [-0.4, -0.2) is 30.0 Å². The number of esters is 1. The van der Waals surface area contributed by atoms with Crippen LogP contribution in [0.4, 0.5) is 0 Å². The number of ether oxygens (including phenoxy) is 1. The van der Waals surface area contributed by atoms with Gasteiger partial charge in [0.1, 0.15) is 6.61 Å². The lowest BCUT2D eigenvalue weighted by Gasteiger charge is -2.17. The molecule has 0 amide bonds. The molecule has 6 nitrogen and oxygen atoms in total. The quantitative estimate of drug-likeness (QED) is 0.100. The zero-order valence-corrected chi connectivity index (χ0v) is 20.1. The fourth-order valence-corrected chi connectivity index (χ4v) is 2.81. The molecule has 0 saturated carbocycles. The maximum atomic E-state index is 12.7. The van der Waals surface area contributed by atoms with Gasteiger partial charge in [0.25, 0.3) is 5.90 Å². The molecule has 0 heterocycles. The second-order valence-corrected chi connectivity index (χ2v) is 9.68. The molecule has 0 radical (unpaired) electrons. The molecule has 0 N–H and O–H groups in total. The number of Topliss-reactive ketones (excluding diaryl/α,β-unsaturated/α-hetero) is 2. The van der Waals surface area contributed by atoms with E-state index in [1.54, 1.807) is 36.4 Å². The topological polar surface area (TPSA) is 82.0 Å². The molecule has 0 fully saturated rings. The fraction of sp³-hybridized carbons (Fsp3) is 0.333. The van der Waals surface area contributed by atoms with E-state index in [1.165, 1.54) is 18.2 Å². The molecule has 2 aromatic carbocycles. The summed E-state index contributed by atoms with van der Waals surface area (Å²) in [5.41, 5.74) is 0.752. The van der Waals surface area contributed by atoms with Gasteiger partial charge in [0.15, 0.2) is 11.6 Å². The van der Waals surface area contributed by atoms with Crippen molar-refractivity contribution in [3.05, 3.63) is 83.4 Å². The normalized spacial score (nSPS) is 12.1. The third-order valence-electron chi connectivity index (χ3n) is 4.67. The zero-order valence-electron chi connectivity index (χ0n) is 20.1. The van der Waals surface area contributed by atoms with Gasteiger partial charge in [0, 0.05) is 27.5 Å². The average molecular weight is 450 g/mol. The summed E-state index contributed by atoms with van der Waals surface area (Å²) in [7, 11) is 0. The van der Waals surface area contributed by atoms with E-state index in [4.69, 9.17) is 9.57 Å². The van der Waals surface area contributed by atoms with E-state index in [0.29, 0.717) is 16.7 Å². The highest BCUT2D eigenvalue weighted by molar-refractivity contribution is 6.06. The highest BCUT2D eigenvalue weighted by Gasteiger charge is 2.24. The van der Waals surface area contributed by atoms with Gasteiger partial charge in [-0.25, -0.2) is 4.79 Å². The molecule has 2 aromatic rings. The number of benzene rings is 2. The van der Waals surface area contributed by atoms with Crippen LogP contribution < -0.4 is 0 Å². The first-order valence-electron chi connectivity index (χ1n) is 10.7. The van der Waals surface area contributed by atoms with E-state index in [0.717, 1.165) is 0 Å². The summed E-state index contributed by atoms with van der Waals surface area (Å²) in [6.45, 7) is 14.8. The molecule has 0 aliphatic rings. The predicted molar refractivity (Wildman–Crippen MR) is 129 cm³/mol. The first-order valence-corrected chi connectivity index (χ1v) is 10.7. The summed E-state index contributed by atoms with van der Waals surface area (Å²) in [6.07, 6.45) is 1.51. The van der Waals surface area contributed by atoms with Gasteiger partial charge in [-0.05, 0) is 29.4 Å². The number of carbonyl (C=O) groups excluding carboxylic acids is 3. The van der Waals surface area contributed by atoms with Gasteiger partial charge in [-0.2, -0.15) is 0 Å². The molecule has 2 rings (SSSR count). The second kappa shape index (κ2) is 10.4. The Labute approximate surface area is 195 Å². The predicted octanol–water partition coefficient (Wildman–Crippen LogP) is 5.87. The molecule has 0 unspecified atom stereocenters. The van der Waals surface area contributed by atoms with Crippen molar-refractivity contribution in [3.63, 3.8) is 0 Å². The number of hydrogen-bond acceptors (Lipinski definition) is 6. The fourth-order valence-electron chi connectivity index (χ4n) is 2.81. The van der Waals surface area contributed by atoms with Crippen molar-refractivity contribution in [2.24, 2.45) is 16.0 Å². The molecular weight excluding hydrogens is 418 g/mol. The highest BCUT2D eigenvalue weighted by Crippen LogP contribution is 2.22. The number of oxime groups is 1. The van der Waals surface area contributed by atoms with E-state index >= 15 is 0 Å². The van der Waals surface area contributed by atoms with Crippen molar-refractivity contribution in [1.29, 1.82) is 0 Å². The number of hydrogen-bond donors (Lipinski definition) is 0. The molecule has 0 bridgehead atoms. The summed E-state index contributed by atoms with van der Waals surface area (Å²) in [5, 5.41) is 3.91. The summed E-state index contributed by atoms with van der Waals surface area (Å²) in [6, 6.07) is 12.9. The maximum Gasteiger partial charge on any atom is 0.344 e. The van der Waals surface area contributed by atoms with Crippen LogP contribution in [0.1, 0.15) is 78.2 Å². The van der Waals surface area contributed by atoms with Crippen LogP contribution in [0.5, 0.6) is 0 Å². The Bertz CT molecular complexity index is 1050. The summed E-state index contributed by atoms with van der Waals surface area (Å²) >= 11 is 0. The molecule has 6 heteroatoms. The number of carbonyl (C=O) groups is 3. The lowest BCUT2D eigenvalue weighted by Crippen LogP contribution is -2.21. The SMILES string of the molecule is C=CCO/N=C(\OC(=O)c1ccc(C(=O)C(C)(C)C)cc1)c1ccc(C(=O)C(C)(C)C)cc1. The van der Waals surface area contributed by atoms with Gasteiger partial charge < -0.3 is 9.57 Å². The lowest BCUT2D eigenvalue weighted by atomic mass is 9.86. The molecule has 0 aliphatic heterocycles. The maximum absolute atomic E-state index is 12.7. The molecule has 0 spiro atoms. The molecule has 174 valence electrons. The van der Waals surface area contributed by atoms with Crippen LogP contribution >= 0.6 is 0 Å². The van der Waals surface area contributed by atoms with Crippen LogP contribution in [0.25, 0.3) is 0 Å². The molecule has 0 saturated heterocycles. The van der Waals surface area contributed by atoms with Crippen molar-refractivity contribution < 1.29 is 24.0 Å². The Balaban J connectivity index is 2.26. The van der Waals surface area contributed by atoms with Gasteiger partial charge in [0.05, 0.1) is 5.56 Å². The minimum Gasteiger partial charge on any atom is -0.400 e. The van der Waals surface area contributed by atoms with Crippen LogP contribution in [-0.2, 0) is 9.57 Å². The third kappa shape index (κ3) is 6.97. The molecule has 0 atom stereocenters. The smallest absolute Gasteiger partial charge is 0.344 e. The number of rotatable bonds is 7. The van der Waals surface area contributed by atoms with Gasteiger partial charge in [-0.1, -0.05) is 78.5 Å². The van der Waals surface area contributed by atoms with E-state index < -0.39 is 16.8 Å². The molecule has 0 aliphatic carbocycles. The highest BCUT2D eigenvalue weighted by atomic mass is 16.7. The lowest BCUT2D eigenvalue weighted by molar-refractivity contribution is 0.0696. The third-order valence-corrected chi connectivity index (χ3v) is 4.67. The van der Waals surface area contributed by atoms with Crippen LogP contribution in [0, 0.1) is 10.8 Å². The second-order valence-electron chi connectivity index (χ2n) is 9.68. The first kappa shape index (κ1) is 25.7. The summed E-state index contributed by atoms with van der Waals surface area (Å²) in [4.78, 5) is 42.8. The van der Waals surface area contributed by atoms with Gasteiger partial charge >= 0.3 is 5.97 Å². The molecule has 0 aromatic heterocycles. The monoisotopic (exact) mass is 449 g/mol. The number of nitrogens with zero attached hydrogens (tertiary/aromatic N) is 1. The van der Waals surface area contributed by atoms with Gasteiger partial charge in [-0.3, -0.25) is 9.59 Å². The average Bonchev–Trinajstić information content (AvgIpc) is 2.76. The molecular formula is C27H31NO5.